The monoisotopic (exact) mass is 157 g/mol. The average molecular weight is 157 g/mol. The van der Waals surface area contributed by atoms with Gasteiger partial charge in [-0.25, -0.2) is 0 Å². The predicted molar refractivity (Wildman–Crippen MR) is 42.0 cm³/mol. The molecule has 0 aromatic heterocycles. The number of hydrogen-bond donors (Lipinski definition) is 2. The van der Waals surface area contributed by atoms with Crippen molar-refractivity contribution in [3.8, 4) is 0 Å². The van der Waals surface area contributed by atoms with Gasteiger partial charge in [-0.05, 0) is 25.7 Å². The van der Waals surface area contributed by atoms with Gasteiger partial charge < -0.3 is 10.4 Å². The largest absolute Gasteiger partial charge is 0.380 e. The Bertz CT molecular complexity index is 161. The molecule has 1 rings (SSSR count). The molecule has 3 heteroatoms. The Morgan fingerprint density at radius 2 is 2.18 bits per heavy atom. The minimum atomic E-state index is -1.15. The first-order valence-corrected chi connectivity index (χ1v) is 4.03. The van der Waals surface area contributed by atoms with E-state index in [1.807, 2.05) is 0 Å². The third-order valence-electron chi connectivity index (χ3n) is 2.59. The van der Waals surface area contributed by atoms with Gasteiger partial charge in [-0.15, -0.1) is 0 Å². The minimum absolute atomic E-state index is 0.169. The molecule has 1 saturated carbocycles. The normalized spacial score (nSPS) is 23.5. The van der Waals surface area contributed by atoms with Crippen LogP contribution in [0.5, 0.6) is 0 Å². The predicted octanol–water partition coefficient (Wildman–Crippen LogP) is 0.283. The molecule has 11 heavy (non-hydrogen) atoms. The van der Waals surface area contributed by atoms with Crippen LogP contribution in [0.4, 0.5) is 0 Å². The highest BCUT2D eigenvalue weighted by Gasteiger charge is 2.41. The maximum Gasteiger partial charge on any atom is 0.251 e. The van der Waals surface area contributed by atoms with Crippen molar-refractivity contribution in [2.45, 2.75) is 31.8 Å². The van der Waals surface area contributed by atoms with Crippen LogP contribution in [0.1, 0.15) is 26.2 Å². The Morgan fingerprint density at radius 1 is 1.64 bits per heavy atom. The van der Waals surface area contributed by atoms with E-state index in [9.17, 15) is 9.90 Å². The Balaban J connectivity index is 2.56. The molecule has 0 spiro atoms. The summed E-state index contributed by atoms with van der Waals surface area (Å²) in [6, 6.07) is 0. The zero-order valence-electron chi connectivity index (χ0n) is 7.05. The third kappa shape index (κ3) is 1.38. The van der Waals surface area contributed by atoms with Crippen LogP contribution in [0.15, 0.2) is 0 Å². The van der Waals surface area contributed by atoms with E-state index >= 15 is 0 Å². The third-order valence-corrected chi connectivity index (χ3v) is 2.59. The van der Waals surface area contributed by atoms with Crippen LogP contribution in [0.2, 0.25) is 0 Å². The summed E-state index contributed by atoms with van der Waals surface area (Å²) in [5.74, 6) is -0.0929. The maximum atomic E-state index is 11.1. The lowest BCUT2D eigenvalue weighted by Gasteiger charge is -2.37. The van der Waals surface area contributed by atoms with Gasteiger partial charge in [0.1, 0.15) is 5.60 Å². The molecule has 1 atom stereocenters. The Hall–Kier alpha value is -0.570. The number of carbonyl (C=O) groups is 1. The lowest BCUT2D eigenvalue weighted by Crippen LogP contribution is -2.50. The molecule has 1 fully saturated rings. The van der Waals surface area contributed by atoms with E-state index in [0.29, 0.717) is 0 Å². The highest BCUT2D eigenvalue weighted by atomic mass is 16.3. The fraction of sp³-hybridized carbons (Fsp3) is 0.875. The average Bonchev–Trinajstić information content (AvgIpc) is 1.81. The standard InChI is InChI=1S/C8H15NO2/c1-8(11,7(10)9-2)6-4-3-5-6/h6,11H,3-5H2,1-2H3,(H,9,10). The van der Waals surface area contributed by atoms with Gasteiger partial charge in [0.05, 0.1) is 0 Å². The van der Waals surface area contributed by atoms with E-state index in [1.165, 1.54) is 0 Å². The summed E-state index contributed by atoms with van der Waals surface area (Å²) in [6.45, 7) is 1.59. The van der Waals surface area contributed by atoms with Crippen LogP contribution < -0.4 is 5.32 Å². The van der Waals surface area contributed by atoms with Crippen molar-refractivity contribution in [3.05, 3.63) is 0 Å². The first-order valence-electron chi connectivity index (χ1n) is 4.03. The van der Waals surface area contributed by atoms with Crippen molar-refractivity contribution in [3.63, 3.8) is 0 Å². The number of aliphatic hydroxyl groups is 1. The van der Waals surface area contributed by atoms with E-state index in [-0.39, 0.29) is 11.8 Å². The molecule has 1 unspecified atom stereocenters. The van der Waals surface area contributed by atoms with E-state index < -0.39 is 5.60 Å². The molecule has 0 bridgehead atoms. The topological polar surface area (TPSA) is 49.3 Å². The molecule has 0 aromatic carbocycles. The quantitative estimate of drug-likeness (QED) is 0.605. The summed E-state index contributed by atoms with van der Waals surface area (Å²) in [5, 5.41) is 12.2. The van der Waals surface area contributed by atoms with Crippen molar-refractivity contribution in [1.82, 2.24) is 5.32 Å². The molecule has 3 nitrogen and oxygen atoms in total. The van der Waals surface area contributed by atoms with Gasteiger partial charge in [0.25, 0.3) is 5.91 Å². The summed E-state index contributed by atoms with van der Waals surface area (Å²) in [4.78, 5) is 11.1. The van der Waals surface area contributed by atoms with Gasteiger partial charge in [0, 0.05) is 7.05 Å². The first-order chi connectivity index (χ1) is 5.09. The zero-order chi connectivity index (χ0) is 8.48. The molecule has 0 saturated heterocycles. The van der Waals surface area contributed by atoms with Crippen molar-refractivity contribution < 1.29 is 9.90 Å². The lowest BCUT2D eigenvalue weighted by molar-refractivity contribution is -0.146. The van der Waals surface area contributed by atoms with Gasteiger partial charge in [0.2, 0.25) is 0 Å². The van der Waals surface area contributed by atoms with Crippen LogP contribution in [0, 0.1) is 5.92 Å². The number of rotatable bonds is 2. The van der Waals surface area contributed by atoms with Gasteiger partial charge in [-0.2, -0.15) is 0 Å². The first kappa shape index (κ1) is 8.53. The molecule has 1 aliphatic rings. The SMILES string of the molecule is CNC(=O)C(C)(O)C1CCC1. The molecular formula is C8H15NO2. The van der Waals surface area contributed by atoms with E-state index in [2.05, 4.69) is 5.32 Å². The van der Waals surface area contributed by atoms with E-state index in [4.69, 9.17) is 0 Å². The molecule has 1 aliphatic carbocycles. The Morgan fingerprint density at radius 3 is 2.45 bits per heavy atom. The minimum Gasteiger partial charge on any atom is -0.380 e. The summed E-state index contributed by atoms with van der Waals surface area (Å²) in [6.07, 6.45) is 3.08. The van der Waals surface area contributed by atoms with Crippen LogP contribution in [0.3, 0.4) is 0 Å². The maximum absolute atomic E-state index is 11.1. The van der Waals surface area contributed by atoms with Gasteiger partial charge >= 0.3 is 0 Å². The van der Waals surface area contributed by atoms with Gasteiger partial charge in [-0.3, -0.25) is 4.79 Å². The van der Waals surface area contributed by atoms with Crippen molar-refractivity contribution in [2.75, 3.05) is 7.05 Å². The molecule has 0 aromatic rings. The second kappa shape index (κ2) is 2.81. The van der Waals surface area contributed by atoms with E-state index in [1.54, 1.807) is 14.0 Å². The molecule has 0 radical (unpaired) electrons. The second-order valence-corrected chi connectivity index (χ2v) is 3.35. The molecule has 0 heterocycles. The number of hydrogen-bond acceptors (Lipinski definition) is 2. The number of nitrogens with one attached hydrogen (secondary N) is 1. The Labute approximate surface area is 66.8 Å². The molecule has 2 N–H and O–H groups in total. The fourth-order valence-electron chi connectivity index (χ4n) is 1.41. The van der Waals surface area contributed by atoms with Crippen LogP contribution in [0.25, 0.3) is 0 Å². The van der Waals surface area contributed by atoms with Gasteiger partial charge in [-0.1, -0.05) is 6.42 Å². The van der Waals surface area contributed by atoms with Crippen LogP contribution in [-0.2, 0) is 4.79 Å². The summed E-state index contributed by atoms with van der Waals surface area (Å²) < 4.78 is 0. The van der Waals surface area contributed by atoms with Crippen molar-refractivity contribution in [1.29, 1.82) is 0 Å². The van der Waals surface area contributed by atoms with Crippen molar-refractivity contribution >= 4 is 5.91 Å². The van der Waals surface area contributed by atoms with Crippen LogP contribution >= 0.6 is 0 Å². The second-order valence-electron chi connectivity index (χ2n) is 3.35. The summed E-state index contributed by atoms with van der Waals surface area (Å²) in [7, 11) is 1.55. The number of amides is 1. The van der Waals surface area contributed by atoms with Crippen LogP contribution in [-0.4, -0.2) is 23.7 Å². The lowest BCUT2D eigenvalue weighted by atomic mass is 9.73. The number of likely N-dealkylation sites (N-methyl/N-ethyl adjacent to an activating group) is 1. The summed E-state index contributed by atoms with van der Waals surface area (Å²) >= 11 is 0. The van der Waals surface area contributed by atoms with Crippen molar-refractivity contribution in [2.24, 2.45) is 5.92 Å². The van der Waals surface area contributed by atoms with Gasteiger partial charge in [0.15, 0.2) is 0 Å². The fourth-order valence-corrected chi connectivity index (χ4v) is 1.41. The molecular weight excluding hydrogens is 142 g/mol. The highest BCUT2D eigenvalue weighted by molar-refractivity contribution is 5.84. The molecule has 64 valence electrons. The number of carbonyl (C=O) groups excluding carboxylic acids is 1. The zero-order valence-corrected chi connectivity index (χ0v) is 7.05. The Kier molecular flexibility index (Phi) is 2.18. The highest BCUT2D eigenvalue weighted by Crippen LogP contribution is 2.35. The smallest absolute Gasteiger partial charge is 0.251 e. The van der Waals surface area contributed by atoms with E-state index in [0.717, 1.165) is 19.3 Å². The molecule has 0 aliphatic heterocycles. The summed E-state index contributed by atoms with van der Waals surface area (Å²) in [5.41, 5.74) is -1.15. The molecule has 1 amide bonds.